The van der Waals surface area contributed by atoms with Crippen molar-refractivity contribution in [2.45, 2.75) is 40.5 Å². The third-order valence-corrected chi connectivity index (χ3v) is 2.56. The first-order valence-electron chi connectivity index (χ1n) is 6.11. The lowest BCUT2D eigenvalue weighted by Crippen LogP contribution is -2.12. The number of nitrogens with zero attached hydrogens (tertiary/aromatic N) is 1. The van der Waals surface area contributed by atoms with Gasteiger partial charge in [-0.15, -0.1) is 0 Å². The predicted molar refractivity (Wildman–Crippen MR) is 68.3 cm³/mol. The minimum atomic E-state index is -0.857. The highest BCUT2D eigenvalue weighted by Crippen LogP contribution is 2.19. The zero-order chi connectivity index (χ0) is 13.0. The fraction of sp³-hybridized carbons (Fsp3) is 0.571. The van der Waals surface area contributed by atoms with E-state index in [0.29, 0.717) is 29.5 Å². The van der Waals surface area contributed by atoms with Gasteiger partial charge in [0, 0.05) is 6.20 Å². The molecule has 0 spiro atoms. The van der Waals surface area contributed by atoms with Gasteiger partial charge in [0.25, 0.3) is 0 Å². The number of aromatic carboxylic acids is 1. The summed E-state index contributed by atoms with van der Waals surface area (Å²) < 4.78 is 0. The Hall–Kier alpha value is -1.38. The molecule has 0 amide bonds. The van der Waals surface area contributed by atoms with Crippen molar-refractivity contribution >= 4 is 5.97 Å². The average Bonchev–Trinajstić information content (AvgIpc) is 2.14. The van der Waals surface area contributed by atoms with Gasteiger partial charge in [0.05, 0.1) is 11.3 Å². The number of carboxylic acid groups (broad SMARTS) is 1. The number of aromatic nitrogens is 1. The van der Waals surface area contributed by atoms with E-state index in [1.54, 1.807) is 6.20 Å². The van der Waals surface area contributed by atoms with Crippen LogP contribution in [0.3, 0.4) is 0 Å². The predicted octanol–water partition coefficient (Wildman–Crippen LogP) is 3.18. The zero-order valence-corrected chi connectivity index (χ0v) is 11.0. The van der Waals surface area contributed by atoms with E-state index in [4.69, 9.17) is 0 Å². The Morgan fingerprint density at radius 2 is 1.82 bits per heavy atom. The summed E-state index contributed by atoms with van der Waals surface area (Å²) in [6, 6.07) is 1.83. The lowest BCUT2D eigenvalue weighted by Gasteiger charge is -2.13. The SMILES string of the molecule is CC(C)Cc1ccnc(CC(C)C)c1C(=O)O. The van der Waals surface area contributed by atoms with Crippen molar-refractivity contribution in [3.8, 4) is 0 Å². The monoisotopic (exact) mass is 235 g/mol. The first-order valence-corrected chi connectivity index (χ1v) is 6.11. The maximum absolute atomic E-state index is 11.4. The Morgan fingerprint density at radius 1 is 1.24 bits per heavy atom. The summed E-state index contributed by atoms with van der Waals surface area (Å²) in [7, 11) is 0. The van der Waals surface area contributed by atoms with E-state index in [1.165, 1.54) is 0 Å². The maximum Gasteiger partial charge on any atom is 0.337 e. The Bertz CT molecular complexity index is 369. The number of rotatable bonds is 5. The topological polar surface area (TPSA) is 50.2 Å². The molecule has 0 aliphatic rings. The van der Waals surface area contributed by atoms with Gasteiger partial charge in [-0.3, -0.25) is 4.98 Å². The minimum Gasteiger partial charge on any atom is -0.478 e. The molecule has 17 heavy (non-hydrogen) atoms. The second kappa shape index (κ2) is 5.80. The standard InChI is InChI=1S/C14H21NO2/c1-9(2)7-11-5-6-15-12(8-10(3)4)13(11)14(16)17/h5-6,9-10H,7-8H2,1-4H3,(H,16,17). The number of pyridine rings is 1. The van der Waals surface area contributed by atoms with Crippen LogP contribution in [-0.2, 0) is 12.8 Å². The first-order chi connectivity index (χ1) is 7.91. The molecule has 0 radical (unpaired) electrons. The molecule has 0 aliphatic carbocycles. The second-order valence-electron chi connectivity index (χ2n) is 5.29. The third-order valence-electron chi connectivity index (χ3n) is 2.56. The van der Waals surface area contributed by atoms with Gasteiger partial charge in [-0.1, -0.05) is 27.7 Å². The van der Waals surface area contributed by atoms with Crippen molar-refractivity contribution in [1.82, 2.24) is 4.98 Å². The largest absolute Gasteiger partial charge is 0.478 e. The van der Waals surface area contributed by atoms with Crippen LogP contribution in [0, 0.1) is 11.8 Å². The van der Waals surface area contributed by atoms with Crippen LogP contribution in [0.1, 0.15) is 49.3 Å². The van der Waals surface area contributed by atoms with Crippen molar-refractivity contribution in [3.63, 3.8) is 0 Å². The molecule has 0 aliphatic heterocycles. The van der Waals surface area contributed by atoms with Gasteiger partial charge in [0.2, 0.25) is 0 Å². The van der Waals surface area contributed by atoms with E-state index < -0.39 is 5.97 Å². The molecular weight excluding hydrogens is 214 g/mol. The van der Waals surface area contributed by atoms with Crippen LogP contribution >= 0.6 is 0 Å². The van der Waals surface area contributed by atoms with E-state index in [-0.39, 0.29) is 0 Å². The molecule has 3 nitrogen and oxygen atoms in total. The van der Waals surface area contributed by atoms with Gasteiger partial charge >= 0.3 is 5.97 Å². The first kappa shape index (κ1) is 13.7. The molecule has 94 valence electrons. The summed E-state index contributed by atoms with van der Waals surface area (Å²) in [6.07, 6.45) is 3.23. The van der Waals surface area contributed by atoms with Gasteiger partial charge in [-0.25, -0.2) is 4.79 Å². The molecule has 0 unspecified atom stereocenters. The summed E-state index contributed by atoms with van der Waals surface area (Å²) in [5.74, 6) is 0.00157. The summed E-state index contributed by atoms with van der Waals surface area (Å²) in [6.45, 7) is 8.33. The smallest absolute Gasteiger partial charge is 0.337 e. The maximum atomic E-state index is 11.4. The zero-order valence-electron chi connectivity index (χ0n) is 11.0. The molecule has 1 heterocycles. The number of hydrogen-bond acceptors (Lipinski definition) is 2. The molecule has 1 rings (SSSR count). The van der Waals surface area contributed by atoms with Crippen LogP contribution in [0.25, 0.3) is 0 Å². The molecular formula is C14H21NO2. The van der Waals surface area contributed by atoms with Crippen LogP contribution in [0.2, 0.25) is 0 Å². The molecule has 0 atom stereocenters. The number of hydrogen-bond donors (Lipinski definition) is 1. The van der Waals surface area contributed by atoms with Crippen molar-refractivity contribution < 1.29 is 9.90 Å². The number of carbonyl (C=O) groups is 1. The fourth-order valence-corrected chi connectivity index (χ4v) is 1.96. The van der Waals surface area contributed by atoms with Crippen molar-refractivity contribution in [2.24, 2.45) is 11.8 Å². The van der Waals surface area contributed by atoms with E-state index in [2.05, 4.69) is 32.7 Å². The Balaban J connectivity index is 3.17. The molecule has 0 bridgehead atoms. The van der Waals surface area contributed by atoms with Gasteiger partial charge in [-0.2, -0.15) is 0 Å². The summed E-state index contributed by atoms with van der Waals surface area (Å²) in [5, 5.41) is 9.33. The van der Waals surface area contributed by atoms with E-state index in [1.807, 2.05) is 6.07 Å². The van der Waals surface area contributed by atoms with Gasteiger partial charge < -0.3 is 5.11 Å². The highest BCUT2D eigenvalue weighted by Gasteiger charge is 2.17. The van der Waals surface area contributed by atoms with Crippen LogP contribution in [0.15, 0.2) is 12.3 Å². The van der Waals surface area contributed by atoms with E-state index in [9.17, 15) is 9.90 Å². The molecule has 0 saturated carbocycles. The lowest BCUT2D eigenvalue weighted by atomic mass is 9.94. The Kier molecular flexibility index (Phi) is 4.67. The highest BCUT2D eigenvalue weighted by atomic mass is 16.4. The molecule has 0 aromatic carbocycles. The van der Waals surface area contributed by atoms with Gasteiger partial charge in [-0.05, 0) is 36.3 Å². The summed E-state index contributed by atoms with van der Waals surface area (Å²) >= 11 is 0. The third kappa shape index (κ3) is 3.84. The summed E-state index contributed by atoms with van der Waals surface area (Å²) in [4.78, 5) is 15.6. The quantitative estimate of drug-likeness (QED) is 0.852. The molecule has 3 heteroatoms. The van der Waals surface area contributed by atoms with Crippen LogP contribution in [0.4, 0.5) is 0 Å². The summed E-state index contributed by atoms with van der Waals surface area (Å²) in [5.41, 5.74) is 2.03. The minimum absolute atomic E-state index is 0.412. The second-order valence-corrected chi connectivity index (χ2v) is 5.29. The molecule has 1 aromatic rings. The van der Waals surface area contributed by atoms with Crippen molar-refractivity contribution in [1.29, 1.82) is 0 Å². The molecule has 1 aromatic heterocycles. The average molecular weight is 235 g/mol. The Labute approximate surface area is 103 Å². The van der Waals surface area contributed by atoms with Gasteiger partial charge in [0.1, 0.15) is 0 Å². The lowest BCUT2D eigenvalue weighted by molar-refractivity contribution is 0.0693. The van der Waals surface area contributed by atoms with Gasteiger partial charge in [0.15, 0.2) is 0 Å². The number of carboxylic acids is 1. The highest BCUT2D eigenvalue weighted by molar-refractivity contribution is 5.90. The molecule has 0 fully saturated rings. The van der Waals surface area contributed by atoms with E-state index >= 15 is 0 Å². The molecule has 0 saturated heterocycles. The van der Waals surface area contributed by atoms with Crippen molar-refractivity contribution in [2.75, 3.05) is 0 Å². The fourth-order valence-electron chi connectivity index (χ4n) is 1.96. The van der Waals surface area contributed by atoms with Crippen LogP contribution in [-0.4, -0.2) is 16.1 Å². The van der Waals surface area contributed by atoms with E-state index in [0.717, 1.165) is 12.0 Å². The Morgan fingerprint density at radius 3 is 2.29 bits per heavy atom. The van der Waals surface area contributed by atoms with Crippen LogP contribution in [0.5, 0.6) is 0 Å². The molecule has 1 N–H and O–H groups in total. The van der Waals surface area contributed by atoms with Crippen molar-refractivity contribution in [3.05, 3.63) is 29.1 Å². The normalized spacial score (nSPS) is 11.2. The van der Waals surface area contributed by atoms with Crippen LogP contribution < -0.4 is 0 Å².